The number of hydrogen-bond donors (Lipinski definition) is 0. The first-order valence-electron chi connectivity index (χ1n) is 12.3. The fourth-order valence-electron chi connectivity index (χ4n) is 5.24. The van der Waals surface area contributed by atoms with E-state index in [0.717, 1.165) is 41.4 Å². The molecule has 3 aromatic rings. The molecule has 2 aromatic carbocycles. The molecule has 168 valence electrons. The van der Waals surface area contributed by atoms with Crippen LogP contribution in [0.25, 0.3) is 10.9 Å². The Kier molecular flexibility index (Phi) is 6.59. The second-order valence-corrected chi connectivity index (χ2v) is 9.48. The molecule has 1 aromatic heterocycles. The van der Waals surface area contributed by atoms with Gasteiger partial charge in [0, 0.05) is 36.4 Å². The summed E-state index contributed by atoms with van der Waals surface area (Å²) < 4.78 is 6.16. The van der Waals surface area contributed by atoms with Crippen LogP contribution < -0.4 is 9.64 Å². The van der Waals surface area contributed by atoms with Gasteiger partial charge in [-0.25, -0.2) is 0 Å². The molecule has 0 amide bonds. The molecule has 4 heteroatoms. The van der Waals surface area contributed by atoms with E-state index in [4.69, 9.17) is 4.74 Å². The van der Waals surface area contributed by atoms with Crippen molar-refractivity contribution in [2.75, 3.05) is 44.2 Å². The minimum Gasteiger partial charge on any atom is -0.492 e. The van der Waals surface area contributed by atoms with E-state index >= 15 is 0 Å². The Balaban J connectivity index is 1.09. The third-order valence-electron chi connectivity index (χ3n) is 7.11. The highest BCUT2D eigenvalue weighted by Gasteiger charge is 2.20. The summed E-state index contributed by atoms with van der Waals surface area (Å²) in [6, 6.07) is 19.6. The van der Waals surface area contributed by atoms with Crippen LogP contribution in [0.1, 0.15) is 36.9 Å². The first-order chi connectivity index (χ1) is 15.7. The van der Waals surface area contributed by atoms with Crippen LogP contribution in [0, 0.1) is 12.8 Å². The summed E-state index contributed by atoms with van der Waals surface area (Å²) in [6.07, 6.45) is 6.46. The SMILES string of the molecule is Cc1ccc2c(OCCN3CCC(Cc4cccc(N5CCCC5)c4)CC3)cccc2n1. The van der Waals surface area contributed by atoms with E-state index in [0.29, 0.717) is 0 Å². The highest BCUT2D eigenvalue weighted by Crippen LogP contribution is 2.27. The van der Waals surface area contributed by atoms with Gasteiger partial charge in [-0.2, -0.15) is 0 Å². The number of anilines is 1. The number of piperidine rings is 1. The quantitative estimate of drug-likeness (QED) is 0.497. The Morgan fingerprint density at radius 3 is 2.59 bits per heavy atom. The normalized spacial score (nSPS) is 17.8. The number of aromatic nitrogens is 1. The van der Waals surface area contributed by atoms with Crippen LogP contribution in [-0.4, -0.2) is 49.2 Å². The zero-order chi connectivity index (χ0) is 21.8. The molecule has 3 heterocycles. The monoisotopic (exact) mass is 429 g/mol. The number of ether oxygens (including phenoxy) is 1. The van der Waals surface area contributed by atoms with Crippen LogP contribution in [0.5, 0.6) is 5.75 Å². The van der Waals surface area contributed by atoms with Crippen molar-refractivity contribution in [2.24, 2.45) is 5.92 Å². The molecule has 5 rings (SSSR count). The number of hydrogen-bond acceptors (Lipinski definition) is 4. The van der Waals surface area contributed by atoms with Gasteiger partial charge in [0.25, 0.3) is 0 Å². The summed E-state index contributed by atoms with van der Waals surface area (Å²) in [6.45, 7) is 8.55. The number of fused-ring (bicyclic) bond motifs is 1. The minimum absolute atomic E-state index is 0.732. The van der Waals surface area contributed by atoms with Gasteiger partial charge < -0.3 is 9.64 Å². The largest absolute Gasteiger partial charge is 0.492 e. The molecule has 32 heavy (non-hydrogen) atoms. The van der Waals surface area contributed by atoms with Gasteiger partial charge >= 0.3 is 0 Å². The Bertz CT molecular complexity index is 1040. The number of benzene rings is 2. The van der Waals surface area contributed by atoms with E-state index in [9.17, 15) is 0 Å². The summed E-state index contributed by atoms with van der Waals surface area (Å²) in [4.78, 5) is 9.71. The van der Waals surface area contributed by atoms with Gasteiger partial charge in [-0.3, -0.25) is 9.88 Å². The lowest BCUT2D eigenvalue weighted by Crippen LogP contribution is -2.37. The molecule has 0 unspecified atom stereocenters. The molecule has 2 aliphatic rings. The van der Waals surface area contributed by atoms with Crippen LogP contribution in [0.2, 0.25) is 0 Å². The number of pyridine rings is 1. The van der Waals surface area contributed by atoms with Crippen molar-refractivity contribution in [3.63, 3.8) is 0 Å². The fourth-order valence-corrected chi connectivity index (χ4v) is 5.24. The van der Waals surface area contributed by atoms with E-state index in [1.165, 1.54) is 69.5 Å². The van der Waals surface area contributed by atoms with Crippen molar-refractivity contribution >= 4 is 16.6 Å². The molecular weight excluding hydrogens is 394 g/mol. The molecule has 0 bridgehead atoms. The summed E-state index contributed by atoms with van der Waals surface area (Å²) >= 11 is 0. The summed E-state index contributed by atoms with van der Waals surface area (Å²) in [5.41, 5.74) is 4.99. The minimum atomic E-state index is 0.732. The number of rotatable bonds is 7. The van der Waals surface area contributed by atoms with E-state index in [-0.39, 0.29) is 0 Å². The molecule has 0 spiro atoms. The molecule has 0 radical (unpaired) electrons. The van der Waals surface area contributed by atoms with Crippen molar-refractivity contribution < 1.29 is 4.74 Å². The summed E-state index contributed by atoms with van der Waals surface area (Å²) in [7, 11) is 0. The maximum absolute atomic E-state index is 6.16. The maximum Gasteiger partial charge on any atom is 0.128 e. The molecule has 0 saturated carbocycles. The fraction of sp³-hybridized carbons (Fsp3) is 0.464. The Labute approximate surface area is 192 Å². The van der Waals surface area contributed by atoms with Crippen molar-refractivity contribution in [3.8, 4) is 5.75 Å². The van der Waals surface area contributed by atoms with Gasteiger partial charge in [0.05, 0.1) is 5.52 Å². The van der Waals surface area contributed by atoms with E-state index < -0.39 is 0 Å². The molecule has 0 N–H and O–H groups in total. The average molecular weight is 430 g/mol. The van der Waals surface area contributed by atoms with Crippen LogP contribution in [0.4, 0.5) is 5.69 Å². The average Bonchev–Trinajstić information content (AvgIpc) is 3.35. The lowest BCUT2D eigenvalue weighted by atomic mass is 9.90. The Hall–Kier alpha value is -2.59. The maximum atomic E-state index is 6.16. The van der Waals surface area contributed by atoms with Crippen LogP contribution in [0.3, 0.4) is 0 Å². The molecule has 0 aliphatic carbocycles. The number of nitrogens with zero attached hydrogens (tertiary/aromatic N) is 3. The van der Waals surface area contributed by atoms with Crippen molar-refractivity contribution in [1.29, 1.82) is 0 Å². The van der Waals surface area contributed by atoms with Gasteiger partial charge in [0.15, 0.2) is 0 Å². The summed E-state index contributed by atoms with van der Waals surface area (Å²) in [5, 5.41) is 1.10. The molecule has 0 atom stereocenters. The van der Waals surface area contributed by atoms with E-state index in [1.807, 2.05) is 13.0 Å². The second-order valence-electron chi connectivity index (χ2n) is 9.48. The third-order valence-corrected chi connectivity index (χ3v) is 7.11. The predicted molar refractivity (Wildman–Crippen MR) is 133 cm³/mol. The zero-order valence-electron chi connectivity index (χ0n) is 19.3. The van der Waals surface area contributed by atoms with Crippen molar-refractivity contribution in [1.82, 2.24) is 9.88 Å². The Morgan fingerprint density at radius 1 is 0.938 bits per heavy atom. The lowest BCUT2D eigenvalue weighted by Gasteiger charge is -2.32. The second kappa shape index (κ2) is 9.91. The van der Waals surface area contributed by atoms with E-state index in [1.54, 1.807) is 0 Å². The predicted octanol–water partition coefficient (Wildman–Crippen LogP) is 5.48. The van der Waals surface area contributed by atoms with Gasteiger partial charge in [-0.15, -0.1) is 0 Å². The highest BCUT2D eigenvalue weighted by molar-refractivity contribution is 5.85. The first-order valence-corrected chi connectivity index (χ1v) is 12.3. The van der Waals surface area contributed by atoms with Gasteiger partial charge in [0.1, 0.15) is 12.4 Å². The molecule has 2 fully saturated rings. The van der Waals surface area contributed by atoms with Crippen LogP contribution in [0.15, 0.2) is 54.6 Å². The number of aryl methyl sites for hydroxylation is 1. The molecule has 4 nitrogen and oxygen atoms in total. The molecular formula is C28H35N3O. The standard InChI is InChI=1S/C28H35N3O/c1-22-10-11-26-27(29-22)8-5-9-28(26)32-19-18-30-16-12-23(13-17-30)20-24-6-4-7-25(21-24)31-14-2-3-15-31/h4-11,21,23H,2-3,12-20H2,1H3. The van der Waals surface area contributed by atoms with Gasteiger partial charge in [-0.05, 0) is 100.0 Å². The van der Waals surface area contributed by atoms with Crippen molar-refractivity contribution in [2.45, 2.75) is 39.0 Å². The van der Waals surface area contributed by atoms with E-state index in [2.05, 4.69) is 63.3 Å². The first kappa shape index (κ1) is 21.3. The van der Waals surface area contributed by atoms with Gasteiger partial charge in [0.2, 0.25) is 0 Å². The third kappa shape index (κ3) is 5.07. The lowest BCUT2D eigenvalue weighted by molar-refractivity contribution is 0.155. The topological polar surface area (TPSA) is 28.6 Å². The zero-order valence-corrected chi connectivity index (χ0v) is 19.3. The van der Waals surface area contributed by atoms with Crippen LogP contribution >= 0.6 is 0 Å². The molecule has 2 aliphatic heterocycles. The summed E-state index contributed by atoms with van der Waals surface area (Å²) in [5.74, 6) is 1.75. The highest BCUT2D eigenvalue weighted by atomic mass is 16.5. The molecule has 2 saturated heterocycles. The number of likely N-dealkylation sites (tertiary alicyclic amines) is 1. The van der Waals surface area contributed by atoms with Crippen LogP contribution in [-0.2, 0) is 6.42 Å². The van der Waals surface area contributed by atoms with Gasteiger partial charge in [-0.1, -0.05) is 18.2 Å². The van der Waals surface area contributed by atoms with Crippen molar-refractivity contribution in [3.05, 3.63) is 65.9 Å². The Morgan fingerprint density at radius 2 is 1.75 bits per heavy atom. The smallest absolute Gasteiger partial charge is 0.128 e.